The molecule has 6 heteroatoms. The van der Waals surface area contributed by atoms with Gasteiger partial charge >= 0.3 is 5.97 Å². The quantitative estimate of drug-likeness (QED) is 0.916. The van der Waals surface area contributed by atoms with Gasteiger partial charge in [0.05, 0.1) is 5.69 Å². The van der Waals surface area contributed by atoms with E-state index in [4.69, 9.17) is 14.6 Å². The second kappa shape index (κ2) is 4.80. The molecule has 110 valence electrons. The number of fused-ring (bicyclic) bond motifs is 1. The van der Waals surface area contributed by atoms with Gasteiger partial charge in [-0.1, -0.05) is 0 Å². The summed E-state index contributed by atoms with van der Waals surface area (Å²) in [5.74, 6) is 0.338. The Bertz CT molecular complexity index is 734. The van der Waals surface area contributed by atoms with Gasteiger partial charge in [0.25, 0.3) is 0 Å². The molecule has 0 radical (unpaired) electrons. The van der Waals surface area contributed by atoms with Gasteiger partial charge in [-0.05, 0) is 37.1 Å². The molecule has 3 rings (SSSR count). The van der Waals surface area contributed by atoms with Gasteiger partial charge in [-0.2, -0.15) is 5.10 Å². The van der Waals surface area contributed by atoms with E-state index in [-0.39, 0.29) is 5.69 Å². The monoisotopic (exact) mass is 288 g/mol. The summed E-state index contributed by atoms with van der Waals surface area (Å²) in [5.41, 5.74) is 3.60. The number of benzene rings is 1. The summed E-state index contributed by atoms with van der Waals surface area (Å²) >= 11 is 0. The minimum Gasteiger partial charge on any atom is -0.486 e. The summed E-state index contributed by atoms with van der Waals surface area (Å²) in [6.45, 7) is 4.97. The molecule has 1 aromatic carbocycles. The third-order valence-corrected chi connectivity index (χ3v) is 3.69. The van der Waals surface area contributed by atoms with Crippen LogP contribution in [-0.2, 0) is 7.05 Å². The summed E-state index contributed by atoms with van der Waals surface area (Å²) < 4.78 is 13.0. The largest absolute Gasteiger partial charge is 0.486 e. The zero-order valence-corrected chi connectivity index (χ0v) is 12.1. The van der Waals surface area contributed by atoms with Crippen LogP contribution >= 0.6 is 0 Å². The van der Waals surface area contributed by atoms with Crippen LogP contribution in [0.15, 0.2) is 12.1 Å². The van der Waals surface area contributed by atoms with Crippen LogP contribution in [0, 0.1) is 13.8 Å². The van der Waals surface area contributed by atoms with Crippen molar-refractivity contribution in [1.82, 2.24) is 9.78 Å². The summed E-state index contributed by atoms with van der Waals surface area (Å²) in [7, 11) is 1.72. The number of hydrogen-bond donors (Lipinski definition) is 1. The average molecular weight is 288 g/mol. The Morgan fingerprint density at radius 2 is 1.90 bits per heavy atom. The third kappa shape index (κ3) is 2.12. The van der Waals surface area contributed by atoms with Crippen LogP contribution in [0.5, 0.6) is 11.5 Å². The number of aromatic carboxylic acids is 1. The fraction of sp³-hybridized carbons (Fsp3) is 0.333. The van der Waals surface area contributed by atoms with E-state index in [1.54, 1.807) is 17.8 Å². The Kier molecular flexibility index (Phi) is 3.08. The van der Waals surface area contributed by atoms with Gasteiger partial charge in [0, 0.05) is 12.6 Å². The summed E-state index contributed by atoms with van der Waals surface area (Å²) in [5, 5.41) is 13.1. The molecule has 0 aliphatic carbocycles. The predicted octanol–water partition coefficient (Wildman–Crippen LogP) is 2.17. The van der Waals surface area contributed by atoms with E-state index in [0.717, 1.165) is 22.4 Å². The topological polar surface area (TPSA) is 73.6 Å². The van der Waals surface area contributed by atoms with E-state index in [2.05, 4.69) is 5.10 Å². The molecule has 21 heavy (non-hydrogen) atoms. The minimum atomic E-state index is -1.05. The first-order valence-electron chi connectivity index (χ1n) is 6.66. The summed E-state index contributed by atoms with van der Waals surface area (Å²) in [6, 6.07) is 3.52. The zero-order valence-electron chi connectivity index (χ0n) is 12.1. The Hall–Kier alpha value is -2.50. The highest BCUT2D eigenvalue weighted by Crippen LogP contribution is 2.43. The standard InChI is InChI=1S/C15H16N2O4/c1-8-6-10(12-7-11(15(18)19)16-17(12)3)14-13(9(8)2)20-4-5-21-14/h6-7H,4-5H2,1-3H3,(H,18,19). The molecular weight excluding hydrogens is 272 g/mol. The van der Waals surface area contributed by atoms with Crippen LogP contribution in [-0.4, -0.2) is 34.1 Å². The number of carboxylic acids is 1. The van der Waals surface area contributed by atoms with Crippen molar-refractivity contribution in [3.63, 3.8) is 0 Å². The van der Waals surface area contributed by atoms with Crippen LogP contribution in [0.3, 0.4) is 0 Å². The Morgan fingerprint density at radius 3 is 2.52 bits per heavy atom. The van der Waals surface area contributed by atoms with Crippen LogP contribution in [0.1, 0.15) is 21.6 Å². The Balaban J connectivity index is 2.23. The first-order valence-corrected chi connectivity index (χ1v) is 6.66. The van der Waals surface area contributed by atoms with Gasteiger partial charge < -0.3 is 14.6 Å². The second-order valence-corrected chi connectivity index (χ2v) is 5.06. The average Bonchev–Trinajstić information content (AvgIpc) is 2.85. The van der Waals surface area contributed by atoms with Gasteiger partial charge in [-0.3, -0.25) is 4.68 Å². The molecular formula is C15H16N2O4. The van der Waals surface area contributed by atoms with Crippen molar-refractivity contribution in [2.45, 2.75) is 13.8 Å². The van der Waals surface area contributed by atoms with E-state index in [0.29, 0.717) is 24.7 Å². The van der Waals surface area contributed by atoms with Crippen molar-refractivity contribution >= 4 is 5.97 Å². The van der Waals surface area contributed by atoms with Crippen molar-refractivity contribution in [2.75, 3.05) is 13.2 Å². The van der Waals surface area contributed by atoms with Crippen LogP contribution in [0.2, 0.25) is 0 Å². The number of aromatic nitrogens is 2. The van der Waals surface area contributed by atoms with Crippen LogP contribution < -0.4 is 9.47 Å². The van der Waals surface area contributed by atoms with Crippen molar-refractivity contribution in [1.29, 1.82) is 0 Å². The normalized spacial score (nSPS) is 13.3. The van der Waals surface area contributed by atoms with E-state index in [1.165, 1.54) is 0 Å². The van der Waals surface area contributed by atoms with E-state index >= 15 is 0 Å². The molecule has 0 saturated heterocycles. The maximum Gasteiger partial charge on any atom is 0.356 e. The number of ether oxygens (including phenoxy) is 2. The van der Waals surface area contributed by atoms with Gasteiger partial charge in [0.15, 0.2) is 17.2 Å². The number of hydrogen-bond acceptors (Lipinski definition) is 4. The lowest BCUT2D eigenvalue weighted by Crippen LogP contribution is -2.17. The maximum absolute atomic E-state index is 11.1. The van der Waals surface area contributed by atoms with Crippen molar-refractivity contribution in [2.24, 2.45) is 7.05 Å². The number of carboxylic acid groups (broad SMARTS) is 1. The van der Waals surface area contributed by atoms with Crippen molar-refractivity contribution in [3.8, 4) is 22.8 Å². The predicted molar refractivity (Wildman–Crippen MR) is 76.1 cm³/mol. The Labute approximate surface area is 121 Å². The van der Waals surface area contributed by atoms with Gasteiger partial charge in [-0.15, -0.1) is 0 Å². The first-order chi connectivity index (χ1) is 9.99. The van der Waals surface area contributed by atoms with Crippen molar-refractivity contribution < 1.29 is 19.4 Å². The number of rotatable bonds is 2. The molecule has 1 aliphatic heterocycles. The first kappa shape index (κ1) is 13.5. The summed E-state index contributed by atoms with van der Waals surface area (Å²) in [6.07, 6.45) is 0. The van der Waals surface area contributed by atoms with Crippen LogP contribution in [0.25, 0.3) is 11.3 Å². The zero-order chi connectivity index (χ0) is 15.1. The minimum absolute atomic E-state index is 0.0104. The van der Waals surface area contributed by atoms with Gasteiger partial charge in [0.2, 0.25) is 0 Å². The molecule has 0 atom stereocenters. The lowest BCUT2D eigenvalue weighted by atomic mass is 10.0. The Morgan fingerprint density at radius 1 is 1.24 bits per heavy atom. The molecule has 0 amide bonds. The van der Waals surface area contributed by atoms with E-state index in [9.17, 15) is 4.79 Å². The molecule has 0 bridgehead atoms. The highest BCUT2D eigenvalue weighted by atomic mass is 16.6. The molecule has 0 fully saturated rings. The second-order valence-electron chi connectivity index (χ2n) is 5.06. The lowest BCUT2D eigenvalue weighted by molar-refractivity contribution is 0.0689. The van der Waals surface area contributed by atoms with E-state index < -0.39 is 5.97 Å². The molecule has 1 aliphatic rings. The molecule has 0 unspecified atom stereocenters. The number of nitrogens with zero attached hydrogens (tertiary/aromatic N) is 2. The van der Waals surface area contributed by atoms with Crippen molar-refractivity contribution in [3.05, 3.63) is 29.0 Å². The fourth-order valence-corrected chi connectivity index (χ4v) is 2.48. The lowest BCUT2D eigenvalue weighted by Gasteiger charge is -2.24. The molecule has 2 aromatic rings. The molecule has 0 spiro atoms. The highest BCUT2D eigenvalue weighted by Gasteiger charge is 2.24. The van der Waals surface area contributed by atoms with E-state index in [1.807, 2.05) is 19.9 Å². The van der Waals surface area contributed by atoms with Crippen LogP contribution in [0.4, 0.5) is 0 Å². The molecule has 0 saturated carbocycles. The molecule has 1 aromatic heterocycles. The van der Waals surface area contributed by atoms with Gasteiger partial charge in [0.1, 0.15) is 13.2 Å². The SMILES string of the molecule is Cc1cc(-c2cc(C(=O)O)nn2C)c2c(c1C)OCCO2. The molecule has 1 N–H and O–H groups in total. The molecule has 6 nitrogen and oxygen atoms in total. The fourth-order valence-electron chi connectivity index (χ4n) is 2.48. The highest BCUT2D eigenvalue weighted by molar-refractivity contribution is 5.88. The number of carbonyl (C=O) groups is 1. The summed E-state index contributed by atoms with van der Waals surface area (Å²) in [4.78, 5) is 11.1. The molecule has 2 heterocycles. The van der Waals surface area contributed by atoms with Gasteiger partial charge in [-0.25, -0.2) is 4.79 Å². The third-order valence-electron chi connectivity index (χ3n) is 3.69. The number of aryl methyl sites for hydroxylation is 2. The smallest absolute Gasteiger partial charge is 0.356 e. The maximum atomic E-state index is 11.1.